The molecule has 0 bridgehead atoms. The van der Waals surface area contributed by atoms with Crippen molar-refractivity contribution in [3.05, 3.63) is 35.0 Å². The van der Waals surface area contributed by atoms with Gasteiger partial charge in [-0.2, -0.15) is 4.98 Å². The molecule has 1 aromatic heterocycles. The molecule has 0 amide bonds. The molecule has 1 aromatic carbocycles. The molecule has 1 saturated heterocycles. The predicted molar refractivity (Wildman–Crippen MR) is 125 cm³/mol. The first-order valence-corrected chi connectivity index (χ1v) is 12.4. The summed E-state index contributed by atoms with van der Waals surface area (Å²) in [7, 11) is 0. The zero-order valence-electron chi connectivity index (χ0n) is 19.9. The van der Waals surface area contributed by atoms with E-state index in [0.717, 1.165) is 56.2 Å². The summed E-state index contributed by atoms with van der Waals surface area (Å²) in [5.74, 6) is 2.16. The average molecular weight is 460 g/mol. The quantitative estimate of drug-likeness (QED) is 0.469. The predicted octanol–water partition coefficient (Wildman–Crippen LogP) is 6.05. The number of nitrogens with zero attached hydrogens (tertiary/aromatic N) is 2. The maximum absolute atomic E-state index is 14.8. The Hall–Kier alpha value is -2.31. The fourth-order valence-corrected chi connectivity index (χ4v) is 5.61. The number of ether oxygens (including phenoxy) is 1. The number of hydrogen-bond donors (Lipinski definition) is 1. The molecule has 0 radical (unpaired) electrons. The van der Waals surface area contributed by atoms with Crippen molar-refractivity contribution in [3.8, 4) is 5.75 Å². The van der Waals surface area contributed by atoms with E-state index in [2.05, 4.69) is 29.0 Å². The number of halogens is 2. The maximum atomic E-state index is 14.8. The van der Waals surface area contributed by atoms with Gasteiger partial charge in [0, 0.05) is 36.7 Å². The first kappa shape index (κ1) is 22.5. The van der Waals surface area contributed by atoms with E-state index in [1.165, 1.54) is 12.5 Å². The summed E-state index contributed by atoms with van der Waals surface area (Å²) < 4.78 is 39.9. The number of hydrogen-bond acceptors (Lipinski definition) is 5. The smallest absolute Gasteiger partial charge is 0.297 e. The van der Waals surface area contributed by atoms with Gasteiger partial charge in [-0.05, 0) is 62.5 Å². The molecule has 3 aliphatic rings. The van der Waals surface area contributed by atoms with Gasteiger partial charge in [0.1, 0.15) is 11.5 Å². The van der Waals surface area contributed by atoms with E-state index in [-0.39, 0.29) is 18.3 Å². The fourth-order valence-electron chi connectivity index (χ4n) is 5.61. The highest BCUT2D eigenvalue weighted by molar-refractivity contribution is 5.52. The molecule has 2 aliphatic carbocycles. The number of rotatable bonds is 10. The molecule has 2 saturated carbocycles. The molecule has 2 heterocycles. The number of oxazole rings is 1. The van der Waals surface area contributed by atoms with Gasteiger partial charge in [0.05, 0.1) is 19.3 Å². The molecular weight excluding hydrogens is 424 g/mol. The van der Waals surface area contributed by atoms with Gasteiger partial charge in [-0.1, -0.05) is 13.8 Å². The lowest BCUT2D eigenvalue weighted by atomic mass is 9.75. The molecule has 2 aromatic rings. The van der Waals surface area contributed by atoms with Crippen LogP contribution in [-0.4, -0.2) is 30.9 Å². The van der Waals surface area contributed by atoms with Crippen LogP contribution in [0.4, 0.5) is 20.5 Å². The molecule has 33 heavy (non-hydrogen) atoms. The second kappa shape index (κ2) is 8.80. The number of aromatic nitrogens is 1. The van der Waals surface area contributed by atoms with Crippen molar-refractivity contribution in [3.63, 3.8) is 0 Å². The lowest BCUT2D eigenvalue weighted by molar-refractivity contribution is 0.184. The van der Waals surface area contributed by atoms with Gasteiger partial charge in [-0.25, -0.2) is 4.39 Å². The Morgan fingerprint density at radius 3 is 2.55 bits per heavy atom. The second-order valence-corrected chi connectivity index (χ2v) is 10.3. The standard InChI is InChI=1S/C26H35F2N3O2/c1-4-26(5-2)14-31(15-26)25-30-22(23(33-25)6-7-27)13-29-19-8-16(3)24(21(28)12-19)32-20-10-17-9-18(17)11-20/h8,12,17-18,20,29H,4-7,9-11,13-15H2,1-3H3/t17-,18+,20?. The van der Waals surface area contributed by atoms with Gasteiger partial charge < -0.3 is 19.4 Å². The van der Waals surface area contributed by atoms with Gasteiger partial charge in [0.2, 0.25) is 0 Å². The molecule has 1 N–H and O–H groups in total. The fraction of sp³-hybridized carbons (Fsp3) is 0.654. The Morgan fingerprint density at radius 2 is 1.91 bits per heavy atom. The molecule has 5 rings (SSSR count). The minimum Gasteiger partial charge on any atom is -0.487 e. The summed E-state index contributed by atoms with van der Waals surface area (Å²) in [5, 5.41) is 3.24. The lowest BCUT2D eigenvalue weighted by Gasteiger charge is -2.49. The Morgan fingerprint density at radius 1 is 1.18 bits per heavy atom. The Balaban J connectivity index is 1.24. The minimum absolute atomic E-state index is 0.137. The summed E-state index contributed by atoms with van der Waals surface area (Å²) in [6.45, 7) is 7.98. The van der Waals surface area contributed by atoms with Gasteiger partial charge in [-0.15, -0.1) is 0 Å². The molecule has 7 heteroatoms. The third kappa shape index (κ3) is 4.43. The van der Waals surface area contributed by atoms with E-state index in [0.29, 0.717) is 40.9 Å². The molecule has 1 unspecified atom stereocenters. The number of alkyl halides is 1. The highest BCUT2D eigenvalue weighted by Gasteiger charge is 2.47. The number of nitrogens with one attached hydrogen (secondary N) is 1. The van der Waals surface area contributed by atoms with Crippen LogP contribution < -0.4 is 15.0 Å². The van der Waals surface area contributed by atoms with Crippen molar-refractivity contribution in [2.75, 3.05) is 30.0 Å². The van der Waals surface area contributed by atoms with E-state index in [1.54, 1.807) is 0 Å². The first-order chi connectivity index (χ1) is 15.9. The van der Waals surface area contributed by atoms with Crippen molar-refractivity contribution in [1.82, 2.24) is 4.98 Å². The van der Waals surface area contributed by atoms with Crippen LogP contribution in [0.1, 0.15) is 63.0 Å². The zero-order chi connectivity index (χ0) is 23.2. The summed E-state index contributed by atoms with van der Waals surface area (Å²) in [6.07, 6.45) is 5.98. The van der Waals surface area contributed by atoms with E-state index in [9.17, 15) is 8.78 Å². The third-order valence-corrected chi connectivity index (χ3v) is 8.09. The molecule has 1 aliphatic heterocycles. The lowest BCUT2D eigenvalue weighted by Crippen LogP contribution is -2.56. The highest BCUT2D eigenvalue weighted by Crippen LogP contribution is 2.52. The maximum Gasteiger partial charge on any atom is 0.297 e. The molecule has 0 spiro atoms. The van der Waals surface area contributed by atoms with E-state index in [1.807, 2.05) is 13.0 Å². The van der Waals surface area contributed by atoms with Crippen LogP contribution in [0.2, 0.25) is 0 Å². The summed E-state index contributed by atoms with van der Waals surface area (Å²) in [5.41, 5.74) is 2.43. The van der Waals surface area contributed by atoms with Crippen LogP contribution in [0.3, 0.4) is 0 Å². The second-order valence-electron chi connectivity index (χ2n) is 10.3. The molecule has 180 valence electrons. The summed E-state index contributed by atoms with van der Waals surface area (Å²) >= 11 is 0. The Labute approximate surface area is 194 Å². The normalized spacial score (nSPS) is 25.0. The third-order valence-electron chi connectivity index (χ3n) is 8.09. The van der Waals surface area contributed by atoms with Crippen LogP contribution in [0.5, 0.6) is 5.75 Å². The number of benzene rings is 1. The van der Waals surface area contributed by atoms with Crippen molar-refractivity contribution < 1.29 is 17.9 Å². The van der Waals surface area contributed by atoms with Gasteiger partial charge in [-0.3, -0.25) is 4.39 Å². The summed E-state index contributed by atoms with van der Waals surface area (Å²) in [6, 6.07) is 3.93. The largest absolute Gasteiger partial charge is 0.487 e. The van der Waals surface area contributed by atoms with Crippen LogP contribution in [0.15, 0.2) is 16.5 Å². The molecular formula is C26H35F2N3O2. The first-order valence-electron chi connectivity index (χ1n) is 12.4. The minimum atomic E-state index is -0.502. The van der Waals surface area contributed by atoms with Crippen LogP contribution >= 0.6 is 0 Å². The molecule has 3 atom stereocenters. The number of aryl methyl sites for hydroxylation is 2. The van der Waals surface area contributed by atoms with Gasteiger partial charge in [0.15, 0.2) is 11.6 Å². The Bertz CT molecular complexity index is 962. The zero-order valence-corrected chi connectivity index (χ0v) is 19.9. The number of fused-ring (bicyclic) bond motifs is 1. The monoisotopic (exact) mass is 459 g/mol. The van der Waals surface area contributed by atoms with Crippen LogP contribution in [0, 0.1) is 30.0 Å². The van der Waals surface area contributed by atoms with Crippen LogP contribution in [-0.2, 0) is 13.0 Å². The van der Waals surface area contributed by atoms with Crippen LogP contribution in [0.25, 0.3) is 0 Å². The Kier molecular flexibility index (Phi) is 6.00. The van der Waals surface area contributed by atoms with Gasteiger partial charge in [0.25, 0.3) is 6.01 Å². The van der Waals surface area contributed by atoms with E-state index in [4.69, 9.17) is 9.15 Å². The topological polar surface area (TPSA) is 50.5 Å². The van der Waals surface area contributed by atoms with Crippen molar-refractivity contribution in [1.29, 1.82) is 0 Å². The SMILES string of the molecule is CCC1(CC)CN(c2nc(CNc3cc(C)c(OC4C[C@@H]5C[C@@H]5C4)c(F)c3)c(CCF)o2)C1. The van der Waals surface area contributed by atoms with E-state index >= 15 is 0 Å². The number of anilines is 2. The highest BCUT2D eigenvalue weighted by atomic mass is 19.1. The van der Waals surface area contributed by atoms with Crippen molar-refractivity contribution in [2.45, 2.75) is 71.9 Å². The van der Waals surface area contributed by atoms with Crippen molar-refractivity contribution >= 4 is 11.7 Å². The van der Waals surface area contributed by atoms with Gasteiger partial charge >= 0.3 is 0 Å². The van der Waals surface area contributed by atoms with Crippen molar-refractivity contribution in [2.24, 2.45) is 17.3 Å². The molecule has 5 nitrogen and oxygen atoms in total. The molecule has 3 fully saturated rings. The summed E-state index contributed by atoms with van der Waals surface area (Å²) in [4.78, 5) is 6.78. The average Bonchev–Trinajstić information content (AvgIpc) is 3.18. The van der Waals surface area contributed by atoms with E-state index < -0.39 is 6.67 Å².